The third-order valence-corrected chi connectivity index (χ3v) is 11.1. The molecule has 0 aliphatic carbocycles. The number of hydrogen-bond donors (Lipinski definition) is 0. The minimum Gasteiger partial charge on any atom is -0.497 e. The summed E-state index contributed by atoms with van der Waals surface area (Å²) in [6, 6.07) is 20.4. The van der Waals surface area contributed by atoms with Crippen molar-refractivity contribution in [3.63, 3.8) is 0 Å². The molecule has 1 aromatic heterocycles. The van der Waals surface area contributed by atoms with E-state index in [1.54, 1.807) is 43.8 Å². The lowest BCUT2D eigenvalue weighted by Gasteiger charge is -2.53. The van der Waals surface area contributed by atoms with Gasteiger partial charge < -0.3 is 19.1 Å². The van der Waals surface area contributed by atoms with Crippen molar-refractivity contribution in [1.82, 2.24) is 9.88 Å². The van der Waals surface area contributed by atoms with Crippen LogP contribution in [0.3, 0.4) is 0 Å². The maximum atomic E-state index is 15.3. The molecule has 0 saturated carbocycles. The number of nitrogens with zero attached hydrogens (tertiary/aromatic N) is 4. The van der Waals surface area contributed by atoms with Gasteiger partial charge in [-0.2, -0.15) is 0 Å². The Morgan fingerprint density at radius 2 is 1.60 bits per heavy atom. The number of para-hydroxylation sites is 1. The predicted molar refractivity (Wildman–Crippen MR) is 170 cm³/mol. The first kappa shape index (κ1) is 29.4. The number of fused-ring (bicyclic) bond motifs is 2. The Morgan fingerprint density at radius 3 is 2.33 bits per heavy atom. The molecule has 10 nitrogen and oxygen atoms in total. The number of ether oxygens (including phenoxy) is 3. The van der Waals surface area contributed by atoms with E-state index < -0.39 is 21.5 Å². The molecule has 4 aromatic rings. The molecule has 0 N–H and O–H groups in total. The summed E-state index contributed by atoms with van der Waals surface area (Å²) in [5.74, 6) is 0.557. The minimum atomic E-state index is -4.50. The molecule has 3 atom stereocenters. The molecule has 3 aromatic carbocycles. The molecule has 45 heavy (non-hydrogen) atoms. The van der Waals surface area contributed by atoms with E-state index in [1.807, 2.05) is 30.3 Å². The third-order valence-electron chi connectivity index (χ3n) is 9.14. The van der Waals surface area contributed by atoms with E-state index in [2.05, 4.69) is 14.8 Å². The Labute approximate surface area is 266 Å². The van der Waals surface area contributed by atoms with Gasteiger partial charge in [-0.15, -0.1) is 0 Å². The van der Waals surface area contributed by atoms with Gasteiger partial charge in [0.25, 0.3) is 15.9 Å². The molecule has 1 amide bonds. The number of hydrogen-bond acceptors (Lipinski definition) is 9. The number of carbonyl (C=O) groups is 1. The van der Waals surface area contributed by atoms with Crippen LogP contribution < -0.4 is 23.4 Å². The Balaban J connectivity index is 1.43. The molecule has 4 heterocycles. The average Bonchev–Trinajstić information content (AvgIpc) is 3.52. The smallest absolute Gasteiger partial charge is 0.274 e. The molecular formula is C33H31ClN4O6S. The second kappa shape index (κ2) is 10.9. The molecule has 3 aliphatic heterocycles. The van der Waals surface area contributed by atoms with E-state index in [0.29, 0.717) is 40.7 Å². The van der Waals surface area contributed by atoms with Crippen molar-refractivity contribution in [2.75, 3.05) is 50.2 Å². The van der Waals surface area contributed by atoms with Gasteiger partial charge in [-0.05, 0) is 48.5 Å². The Kier molecular flexibility index (Phi) is 7.14. The molecule has 0 radical (unpaired) electrons. The first-order chi connectivity index (χ1) is 21.7. The number of carbonyl (C=O) groups excluding carboxylic acids is 1. The van der Waals surface area contributed by atoms with Gasteiger partial charge >= 0.3 is 0 Å². The van der Waals surface area contributed by atoms with E-state index in [-0.39, 0.29) is 28.3 Å². The molecule has 0 bridgehead atoms. The lowest BCUT2D eigenvalue weighted by atomic mass is 9.75. The van der Waals surface area contributed by atoms with E-state index in [1.165, 1.54) is 32.4 Å². The summed E-state index contributed by atoms with van der Waals surface area (Å²) in [5.41, 5.74) is 0.737. The van der Waals surface area contributed by atoms with Crippen molar-refractivity contribution in [3.05, 3.63) is 101 Å². The number of aromatic nitrogens is 1. The van der Waals surface area contributed by atoms with Gasteiger partial charge in [0.15, 0.2) is 5.54 Å². The van der Waals surface area contributed by atoms with Crippen molar-refractivity contribution in [2.24, 2.45) is 5.92 Å². The lowest BCUT2D eigenvalue weighted by molar-refractivity contribution is -0.134. The summed E-state index contributed by atoms with van der Waals surface area (Å²) < 4.78 is 46.8. The van der Waals surface area contributed by atoms with Gasteiger partial charge in [0.05, 0.1) is 27.0 Å². The highest BCUT2D eigenvalue weighted by Crippen LogP contribution is 2.57. The second-order valence-corrected chi connectivity index (χ2v) is 13.4. The topological polar surface area (TPSA) is 102 Å². The van der Waals surface area contributed by atoms with Crippen LogP contribution >= 0.6 is 11.6 Å². The van der Waals surface area contributed by atoms with Gasteiger partial charge in [0, 0.05) is 71.9 Å². The van der Waals surface area contributed by atoms with Crippen LogP contribution in [0.1, 0.15) is 11.1 Å². The van der Waals surface area contributed by atoms with Crippen molar-refractivity contribution in [2.45, 2.75) is 16.5 Å². The lowest BCUT2D eigenvalue weighted by Crippen LogP contribution is -2.67. The molecule has 12 heteroatoms. The normalized spacial score (nSPS) is 22.5. The maximum Gasteiger partial charge on any atom is 0.274 e. The van der Waals surface area contributed by atoms with Gasteiger partial charge in [-0.25, -0.2) is 12.7 Å². The Hall–Kier alpha value is -4.32. The first-order valence-electron chi connectivity index (χ1n) is 14.4. The number of benzene rings is 3. The molecule has 1 unspecified atom stereocenters. The van der Waals surface area contributed by atoms with Crippen LogP contribution in [0.2, 0.25) is 5.02 Å². The number of pyridine rings is 1. The molecule has 2 fully saturated rings. The molecule has 3 aliphatic rings. The van der Waals surface area contributed by atoms with Crippen molar-refractivity contribution < 1.29 is 27.4 Å². The van der Waals surface area contributed by atoms with Crippen LogP contribution in [0.15, 0.2) is 90.1 Å². The fraction of sp³-hybridized carbons (Fsp3) is 0.273. The van der Waals surface area contributed by atoms with Crippen molar-refractivity contribution in [1.29, 1.82) is 0 Å². The van der Waals surface area contributed by atoms with E-state index >= 15 is 4.79 Å². The van der Waals surface area contributed by atoms with E-state index in [9.17, 15) is 8.42 Å². The first-order valence-corrected chi connectivity index (χ1v) is 16.2. The van der Waals surface area contributed by atoms with Gasteiger partial charge in [0.2, 0.25) is 0 Å². The number of halogens is 1. The van der Waals surface area contributed by atoms with Gasteiger partial charge in [-0.3, -0.25) is 14.7 Å². The summed E-state index contributed by atoms with van der Waals surface area (Å²) in [6.07, 6.45) is 3.52. The molecule has 232 valence electrons. The second-order valence-electron chi connectivity index (χ2n) is 11.3. The predicted octanol–water partition coefficient (Wildman–Crippen LogP) is 4.56. The van der Waals surface area contributed by atoms with Crippen LogP contribution in [0.4, 0.5) is 11.4 Å². The van der Waals surface area contributed by atoms with Crippen LogP contribution in [0.25, 0.3) is 0 Å². The van der Waals surface area contributed by atoms with Crippen molar-refractivity contribution >= 4 is 38.9 Å². The monoisotopic (exact) mass is 646 g/mol. The summed E-state index contributed by atoms with van der Waals surface area (Å²) >= 11 is 6.62. The SMILES string of the molecule is COc1ccc(S(=O)(=O)N2C(=O)C(c3ccccc3OC)(N3C[C@H]4CN(c5ccncc5)C[C@H]43)c3cc(Cl)ccc32)c(OC)c1. The fourth-order valence-electron chi connectivity index (χ4n) is 7.10. The highest BCUT2D eigenvalue weighted by Gasteiger charge is 2.66. The third kappa shape index (κ3) is 4.28. The van der Waals surface area contributed by atoms with Crippen LogP contribution in [-0.2, 0) is 20.4 Å². The highest BCUT2D eigenvalue weighted by atomic mass is 35.5. The summed E-state index contributed by atoms with van der Waals surface area (Å²) in [6.45, 7) is 2.00. The summed E-state index contributed by atoms with van der Waals surface area (Å²) in [4.78, 5) is 23.7. The molecule has 0 spiro atoms. The Bertz CT molecular complexity index is 1910. The molecule has 7 rings (SSSR count). The molecule has 2 saturated heterocycles. The quantitative estimate of drug-likeness (QED) is 0.273. The highest BCUT2D eigenvalue weighted by molar-refractivity contribution is 7.93. The zero-order chi connectivity index (χ0) is 31.5. The van der Waals surface area contributed by atoms with Crippen LogP contribution in [0.5, 0.6) is 17.2 Å². The van der Waals surface area contributed by atoms with Crippen molar-refractivity contribution in [3.8, 4) is 17.2 Å². The van der Waals surface area contributed by atoms with Gasteiger partial charge in [-0.1, -0.05) is 29.8 Å². The summed E-state index contributed by atoms with van der Waals surface area (Å²) in [7, 11) is -0.0997. The largest absolute Gasteiger partial charge is 0.497 e. The number of rotatable bonds is 8. The number of sulfonamides is 1. The van der Waals surface area contributed by atoms with E-state index in [0.717, 1.165) is 16.5 Å². The van der Waals surface area contributed by atoms with Gasteiger partial charge in [0.1, 0.15) is 22.1 Å². The molecular weight excluding hydrogens is 616 g/mol. The number of methoxy groups -OCH3 is 3. The standard InChI is InChI=1S/C33H31ClN4O6S/c1-42-24-9-11-31(30(17-24)44-3)45(40,41)38-27-10-8-22(34)16-26(27)33(32(38)39,25-6-4-5-7-29(25)43-2)37-19-21-18-36(20-28(21)37)23-12-14-35-15-13-23/h4-17,21,28H,18-20H2,1-3H3/t21-,28-,33?/m1/s1. The van der Waals surface area contributed by atoms with Crippen LogP contribution in [0, 0.1) is 5.92 Å². The number of likely N-dealkylation sites (tertiary alicyclic amines) is 1. The fourth-order valence-corrected chi connectivity index (χ4v) is 8.87. The number of amides is 1. The maximum absolute atomic E-state index is 15.3. The number of anilines is 2. The summed E-state index contributed by atoms with van der Waals surface area (Å²) in [5, 5.41) is 0.379. The minimum absolute atomic E-state index is 0.0558. The van der Waals surface area contributed by atoms with Crippen LogP contribution in [-0.4, -0.2) is 71.2 Å². The Morgan fingerprint density at radius 1 is 0.844 bits per heavy atom. The zero-order valence-corrected chi connectivity index (χ0v) is 26.5. The van der Waals surface area contributed by atoms with E-state index in [4.69, 9.17) is 25.8 Å². The average molecular weight is 647 g/mol. The zero-order valence-electron chi connectivity index (χ0n) is 24.9.